The van der Waals surface area contributed by atoms with Gasteiger partial charge in [-0.2, -0.15) is 0 Å². The van der Waals surface area contributed by atoms with Gasteiger partial charge in [0, 0.05) is 31.0 Å². The number of hydrogen-bond acceptors (Lipinski definition) is 4. The van der Waals surface area contributed by atoms with Gasteiger partial charge in [0.15, 0.2) is 0 Å². The van der Waals surface area contributed by atoms with Gasteiger partial charge in [0.2, 0.25) is 5.91 Å². The van der Waals surface area contributed by atoms with E-state index in [9.17, 15) is 4.79 Å². The topological polar surface area (TPSA) is 65.5 Å². The van der Waals surface area contributed by atoms with Gasteiger partial charge in [-0.15, -0.1) is 0 Å². The number of hydrogen-bond donors (Lipinski definition) is 2. The van der Waals surface area contributed by atoms with Gasteiger partial charge in [0.1, 0.15) is 0 Å². The van der Waals surface area contributed by atoms with E-state index in [1.165, 1.54) is 0 Å². The Hall–Kier alpha value is -1.46. The summed E-state index contributed by atoms with van der Waals surface area (Å²) in [5.41, 5.74) is 0.833. The van der Waals surface area contributed by atoms with Gasteiger partial charge in [0.05, 0.1) is 13.2 Å². The van der Waals surface area contributed by atoms with Crippen molar-refractivity contribution < 1.29 is 9.90 Å². The first-order valence-corrected chi connectivity index (χ1v) is 7.00. The third kappa shape index (κ3) is 6.12. The van der Waals surface area contributed by atoms with Crippen LogP contribution >= 0.6 is 0 Å². The number of nitrogens with one attached hydrogen (secondary N) is 1. The number of rotatable bonds is 8. The van der Waals surface area contributed by atoms with E-state index in [-0.39, 0.29) is 24.6 Å². The maximum Gasteiger partial charge on any atom is 0.234 e. The fourth-order valence-corrected chi connectivity index (χ4v) is 1.81. The van der Waals surface area contributed by atoms with Crippen LogP contribution < -0.4 is 5.32 Å². The lowest BCUT2D eigenvalue weighted by atomic mass is 10.0. The predicted molar refractivity (Wildman–Crippen MR) is 79.1 cm³/mol. The van der Waals surface area contributed by atoms with Gasteiger partial charge in [0.25, 0.3) is 0 Å². The van der Waals surface area contributed by atoms with Crippen molar-refractivity contribution in [2.45, 2.75) is 39.3 Å². The fraction of sp³-hybridized carbons (Fsp3) is 0.600. The van der Waals surface area contributed by atoms with Crippen molar-refractivity contribution in [2.75, 3.05) is 19.7 Å². The molecule has 0 radical (unpaired) electrons. The molecule has 0 atom stereocenters. The smallest absolute Gasteiger partial charge is 0.234 e. The van der Waals surface area contributed by atoms with Gasteiger partial charge >= 0.3 is 0 Å². The van der Waals surface area contributed by atoms with E-state index in [4.69, 9.17) is 5.11 Å². The third-order valence-electron chi connectivity index (χ3n) is 3.27. The number of nitrogens with zero attached hydrogens (tertiary/aromatic N) is 2. The first-order valence-electron chi connectivity index (χ1n) is 7.00. The molecule has 1 heterocycles. The van der Waals surface area contributed by atoms with Crippen LogP contribution in [0.4, 0.5) is 0 Å². The standard InChI is InChI=1S/C15H25N3O2/c1-4-15(2,3)17-14(20)12-18(8-9-19)11-13-6-5-7-16-10-13/h5-7,10,19H,4,8-9,11-12H2,1-3H3,(H,17,20). The first-order chi connectivity index (χ1) is 9.46. The molecule has 2 N–H and O–H groups in total. The lowest BCUT2D eigenvalue weighted by Gasteiger charge is -2.27. The van der Waals surface area contributed by atoms with E-state index in [1.807, 2.05) is 37.8 Å². The van der Waals surface area contributed by atoms with E-state index in [0.717, 1.165) is 12.0 Å². The predicted octanol–water partition coefficient (Wildman–Crippen LogP) is 1.18. The highest BCUT2D eigenvalue weighted by Crippen LogP contribution is 2.07. The van der Waals surface area contributed by atoms with Crippen molar-refractivity contribution in [3.8, 4) is 0 Å². The van der Waals surface area contributed by atoms with E-state index in [1.54, 1.807) is 12.4 Å². The zero-order valence-electron chi connectivity index (χ0n) is 12.6. The van der Waals surface area contributed by atoms with Gasteiger partial charge in [-0.25, -0.2) is 0 Å². The maximum atomic E-state index is 12.0. The van der Waals surface area contributed by atoms with E-state index in [2.05, 4.69) is 10.3 Å². The number of aliphatic hydroxyl groups is 1. The third-order valence-corrected chi connectivity index (χ3v) is 3.27. The van der Waals surface area contributed by atoms with Crippen LogP contribution in [0.5, 0.6) is 0 Å². The average molecular weight is 279 g/mol. The van der Waals surface area contributed by atoms with E-state index in [0.29, 0.717) is 13.1 Å². The van der Waals surface area contributed by atoms with Gasteiger partial charge < -0.3 is 10.4 Å². The number of amides is 1. The van der Waals surface area contributed by atoms with Crippen LogP contribution in [0.3, 0.4) is 0 Å². The summed E-state index contributed by atoms with van der Waals surface area (Å²) in [5.74, 6) is -0.0193. The normalized spacial score (nSPS) is 11.7. The molecule has 5 heteroatoms. The van der Waals surface area contributed by atoms with Gasteiger partial charge in [-0.05, 0) is 31.9 Å². The number of aromatic nitrogens is 1. The molecule has 0 spiro atoms. The molecule has 1 aromatic rings. The summed E-state index contributed by atoms with van der Waals surface area (Å²) in [6.07, 6.45) is 4.37. The van der Waals surface area contributed by atoms with Crippen LogP contribution in [0.25, 0.3) is 0 Å². The van der Waals surface area contributed by atoms with E-state index >= 15 is 0 Å². The average Bonchev–Trinajstić information content (AvgIpc) is 2.39. The number of aliphatic hydroxyl groups excluding tert-OH is 1. The Morgan fingerprint density at radius 3 is 2.80 bits per heavy atom. The Morgan fingerprint density at radius 2 is 2.25 bits per heavy atom. The van der Waals surface area contributed by atoms with Crippen LogP contribution in [0.1, 0.15) is 32.8 Å². The van der Waals surface area contributed by atoms with Crippen molar-refractivity contribution in [3.05, 3.63) is 30.1 Å². The zero-order chi connectivity index (χ0) is 15.0. The second kappa shape index (κ2) is 7.97. The van der Waals surface area contributed by atoms with Gasteiger partial charge in [-0.3, -0.25) is 14.7 Å². The minimum atomic E-state index is -0.198. The summed E-state index contributed by atoms with van der Waals surface area (Å²) in [5, 5.41) is 12.1. The Morgan fingerprint density at radius 1 is 1.50 bits per heavy atom. The molecule has 0 saturated heterocycles. The fourth-order valence-electron chi connectivity index (χ4n) is 1.81. The van der Waals surface area contributed by atoms with Gasteiger partial charge in [-0.1, -0.05) is 13.0 Å². The Labute approximate surface area is 121 Å². The SMILES string of the molecule is CCC(C)(C)NC(=O)CN(CCO)Cc1cccnc1. The quantitative estimate of drug-likeness (QED) is 0.750. The molecular weight excluding hydrogens is 254 g/mol. The van der Waals surface area contributed by atoms with E-state index < -0.39 is 0 Å². The van der Waals surface area contributed by atoms with Crippen molar-refractivity contribution in [1.82, 2.24) is 15.2 Å². The zero-order valence-corrected chi connectivity index (χ0v) is 12.6. The van der Waals surface area contributed by atoms with Crippen molar-refractivity contribution in [2.24, 2.45) is 0 Å². The molecule has 112 valence electrons. The minimum absolute atomic E-state index is 0.0193. The lowest BCUT2D eigenvalue weighted by Crippen LogP contribution is -2.47. The summed E-state index contributed by atoms with van der Waals surface area (Å²) in [6, 6.07) is 3.83. The number of carbonyl (C=O) groups is 1. The Bertz CT molecular complexity index is 407. The molecule has 0 aliphatic heterocycles. The first kappa shape index (κ1) is 16.6. The monoisotopic (exact) mass is 279 g/mol. The molecule has 0 aliphatic rings. The molecule has 0 aliphatic carbocycles. The highest BCUT2D eigenvalue weighted by Gasteiger charge is 2.19. The van der Waals surface area contributed by atoms with Crippen LogP contribution in [0.15, 0.2) is 24.5 Å². The maximum absolute atomic E-state index is 12.0. The van der Waals surface area contributed by atoms with Crippen LogP contribution in [-0.2, 0) is 11.3 Å². The lowest BCUT2D eigenvalue weighted by molar-refractivity contribution is -0.124. The highest BCUT2D eigenvalue weighted by molar-refractivity contribution is 5.78. The molecule has 1 aromatic heterocycles. The van der Waals surface area contributed by atoms with Crippen LogP contribution in [0.2, 0.25) is 0 Å². The molecule has 0 fully saturated rings. The second-order valence-electron chi connectivity index (χ2n) is 5.58. The van der Waals surface area contributed by atoms with Crippen molar-refractivity contribution in [1.29, 1.82) is 0 Å². The second-order valence-corrected chi connectivity index (χ2v) is 5.58. The molecule has 0 bridgehead atoms. The Balaban J connectivity index is 2.56. The number of carbonyl (C=O) groups excluding carboxylic acids is 1. The molecule has 0 saturated carbocycles. The minimum Gasteiger partial charge on any atom is -0.395 e. The highest BCUT2D eigenvalue weighted by atomic mass is 16.3. The molecule has 5 nitrogen and oxygen atoms in total. The molecular formula is C15H25N3O2. The molecule has 1 rings (SSSR count). The Kier molecular flexibility index (Phi) is 6.61. The molecule has 1 amide bonds. The van der Waals surface area contributed by atoms with Crippen LogP contribution in [-0.4, -0.2) is 46.1 Å². The molecule has 0 unspecified atom stereocenters. The van der Waals surface area contributed by atoms with Crippen molar-refractivity contribution in [3.63, 3.8) is 0 Å². The van der Waals surface area contributed by atoms with Crippen LogP contribution in [0, 0.1) is 0 Å². The summed E-state index contributed by atoms with van der Waals surface area (Å²) in [4.78, 5) is 18.0. The summed E-state index contributed by atoms with van der Waals surface area (Å²) >= 11 is 0. The molecule has 0 aromatic carbocycles. The summed E-state index contributed by atoms with van der Waals surface area (Å²) in [7, 11) is 0. The summed E-state index contributed by atoms with van der Waals surface area (Å²) < 4.78 is 0. The molecule has 20 heavy (non-hydrogen) atoms. The van der Waals surface area contributed by atoms with Crippen molar-refractivity contribution >= 4 is 5.91 Å². The largest absolute Gasteiger partial charge is 0.395 e. The number of pyridine rings is 1. The summed E-state index contributed by atoms with van der Waals surface area (Å²) in [6.45, 7) is 7.43.